The third kappa shape index (κ3) is 3.83. The summed E-state index contributed by atoms with van der Waals surface area (Å²) < 4.78 is 0. The van der Waals surface area contributed by atoms with Gasteiger partial charge in [0.25, 0.3) is 0 Å². The zero-order valence-corrected chi connectivity index (χ0v) is 13.4. The van der Waals surface area contributed by atoms with Crippen molar-refractivity contribution in [2.45, 2.75) is 33.2 Å². The molecule has 21 heavy (non-hydrogen) atoms. The molecule has 2 N–H and O–H groups in total. The van der Waals surface area contributed by atoms with Gasteiger partial charge in [-0.25, -0.2) is 0 Å². The lowest BCUT2D eigenvalue weighted by Gasteiger charge is -2.38. The monoisotopic (exact) mass is 289 g/mol. The van der Waals surface area contributed by atoms with E-state index in [1.807, 2.05) is 4.90 Å². The molecule has 4 heteroatoms. The number of benzene rings is 1. The first kappa shape index (κ1) is 16.0. The minimum atomic E-state index is 0.191. The van der Waals surface area contributed by atoms with Crippen LogP contribution in [0.15, 0.2) is 18.2 Å². The van der Waals surface area contributed by atoms with Crippen molar-refractivity contribution in [3.05, 3.63) is 34.9 Å². The van der Waals surface area contributed by atoms with Crippen LogP contribution in [0.5, 0.6) is 0 Å². The van der Waals surface area contributed by atoms with Crippen molar-refractivity contribution in [3.8, 4) is 0 Å². The lowest BCUT2D eigenvalue weighted by Crippen LogP contribution is -2.49. The molecule has 0 spiro atoms. The average molecular weight is 289 g/mol. The van der Waals surface area contributed by atoms with E-state index in [9.17, 15) is 4.79 Å². The fourth-order valence-corrected chi connectivity index (χ4v) is 2.88. The Kier molecular flexibility index (Phi) is 5.37. The van der Waals surface area contributed by atoms with Crippen molar-refractivity contribution in [3.63, 3.8) is 0 Å². The van der Waals surface area contributed by atoms with E-state index in [1.165, 1.54) is 16.7 Å². The summed E-state index contributed by atoms with van der Waals surface area (Å²) in [6.07, 6.45) is 0.465. The van der Waals surface area contributed by atoms with Gasteiger partial charge in [-0.05, 0) is 37.5 Å². The molecule has 0 radical (unpaired) electrons. The number of nitrogens with two attached hydrogens (primary N) is 1. The van der Waals surface area contributed by atoms with Gasteiger partial charge >= 0.3 is 0 Å². The Bertz CT molecular complexity index is 493. The molecule has 1 aliphatic rings. The second-order valence-corrected chi connectivity index (χ2v) is 5.98. The summed E-state index contributed by atoms with van der Waals surface area (Å²) in [7, 11) is 0. The zero-order chi connectivity index (χ0) is 15.4. The van der Waals surface area contributed by atoms with E-state index in [-0.39, 0.29) is 5.91 Å². The van der Waals surface area contributed by atoms with Gasteiger partial charge in [-0.2, -0.15) is 0 Å². The molecule has 116 valence electrons. The van der Waals surface area contributed by atoms with Crippen LogP contribution in [0, 0.1) is 13.8 Å². The quantitative estimate of drug-likeness (QED) is 0.920. The largest absolute Gasteiger partial charge is 0.340 e. The van der Waals surface area contributed by atoms with Gasteiger partial charge in [0, 0.05) is 45.2 Å². The van der Waals surface area contributed by atoms with Gasteiger partial charge in [0.1, 0.15) is 0 Å². The van der Waals surface area contributed by atoms with Crippen LogP contribution < -0.4 is 5.73 Å². The molecular weight excluding hydrogens is 262 g/mol. The Hall–Kier alpha value is -1.39. The van der Waals surface area contributed by atoms with E-state index >= 15 is 0 Å². The van der Waals surface area contributed by atoms with Crippen LogP contribution in [0.25, 0.3) is 0 Å². The summed E-state index contributed by atoms with van der Waals surface area (Å²) in [5.74, 6) is 0.191. The van der Waals surface area contributed by atoms with E-state index < -0.39 is 0 Å². The number of amides is 1. The van der Waals surface area contributed by atoms with Gasteiger partial charge in [-0.3, -0.25) is 9.69 Å². The molecule has 0 aliphatic carbocycles. The lowest BCUT2D eigenvalue weighted by atomic mass is 10.0. The van der Waals surface area contributed by atoms with Gasteiger partial charge in [-0.1, -0.05) is 18.2 Å². The Balaban J connectivity index is 1.95. The van der Waals surface area contributed by atoms with Gasteiger partial charge in [0.2, 0.25) is 5.91 Å². The standard InChI is InChI=1S/C17H27N3O/c1-13-4-5-16(12-14(13)2)15(3)19-8-10-20(11-9-19)17(21)6-7-18/h4-5,12,15H,6-11,18H2,1-3H3. The highest BCUT2D eigenvalue weighted by atomic mass is 16.2. The molecule has 1 aromatic rings. The number of hydrogen-bond donors (Lipinski definition) is 1. The van der Waals surface area contributed by atoms with E-state index in [0.29, 0.717) is 19.0 Å². The predicted octanol–water partition coefficient (Wildman–Crippen LogP) is 1.86. The predicted molar refractivity (Wildman–Crippen MR) is 86.2 cm³/mol. The molecule has 1 amide bonds. The minimum Gasteiger partial charge on any atom is -0.340 e. The summed E-state index contributed by atoms with van der Waals surface area (Å²) in [4.78, 5) is 16.2. The normalized spacial score (nSPS) is 17.8. The zero-order valence-electron chi connectivity index (χ0n) is 13.4. The fraction of sp³-hybridized carbons (Fsp3) is 0.588. The van der Waals surface area contributed by atoms with Crippen molar-refractivity contribution >= 4 is 5.91 Å². The summed E-state index contributed by atoms with van der Waals surface area (Å²) >= 11 is 0. The Morgan fingerprint density at radius 2 is 1.86 bits per heavy atom. The van der Waals surface area contributed by atoms with Crippen LogP contribution in [0.3, 0.4) is 0 Å². The topological polar surface area (TPSA) is 49.6 Å². The molecule has 0 saturated carbocycles. The highest BCUT2D eigenvalue weighted by molar-refractivity contribution is 5.76. The van der Waals surface area contributed by atoms with Gasteiger partial charge in [-0.15, -0.1) is 0 Å². The number of carbonyl (C=O) groups excluding carboxylic acids is 1. The number of nitrogens with zero attached hydrogens (tertiary/aromatic N) is 2. The van der Waals surface area contributed by atoms with Gasteiger partial charge < -0.3 is 10.6 Å². The molecule has 1 aromatic carbocycles. The summed E-state index contributed by atoms with van der Waals surface area (Å²) in [6, 6.07) is 7.10. The number of aryl methyl sites for hydroxylation is 2. The van der Waals surface area contributed by atoms with Crippen LogP contribution in [0.4, 0.5) is 0 Å². The molecule has 1 unspecified atom stereocenters. The molecule has 1 aliphatic heterocycles. The maximum Gasteiger partial charge on any atom is 0.223 e. The van der Waals surface area contributed by atoms with E-state index in [4.69, 9.17) is 5.73 Å². The summed E-state index contributed by atoms with van der Waals surface area (Å²) in [6.45, 7) is 10.5. The number of hydrogen-bond acceptors (Lipinski definition) is 3. The molecule has 1 fully saturated rings. The molecule has 1 atom stereocenters. The van der Waals surface area contributed by atoms with Crippen LogP contribution in [-0.2, 0) is 4.79 Å². The van der Waals surface area contributed by atoms with Gasteiger partial charge in [0.15, 0.2) is 0 Å². The maximum absolute atomic E-state index is 11.9. The highest BCUT2D eigenvalue weighted by Gasteiger charge is 2.24. The second kappa shape index (κ2) is 7.05. The molecule has 2 rings (SSSR count). The van der Waals surface area contributed by atoms with Crippen molar-refractivity contribution in [1.82, 2.24) is 9.80 Å². The molecule has 0 aromatic heterocycles. The van der Waals surface area contributed by atoms with Crippen molar-refractivity contribution in [2.75, 3.05) is 32.7 Å². The van der Waals surface area contributed by atoms with Crippen molar-refractivity contribution < 1.29 is 4.79 Å². The Morgan fingerprint density at radius 1 is 1.19 bits per heavy atom. The van der Waals surface area contributed by atoms with Crippen LogP contribution in [0.2, 0.25) is 0 Å². The fourth-order valence-electron chi connectivity index (χ4n) is 2.88. The van der Waals surface area contributed by atoms with E-state index in [1.54, 1.807) is 0 Å². The average Bonchev–Trinajstić information content (AvgIpc) is 2.50. The first-order valence-corrected chi connectivity index (χ1v) is 7.82. The lowest BCUT2D eigenvalue weighted by molar-refractivity contribution is -0.133. The number of carbonyl (C=O) groups is 1. The second-order valence-electron chi connectivity index (χ2n) is 5.98. The van der Waals surface area contributed by atoms with E-state index in [2.05, 4.69) is 43.9 Å². The SMILES string of the molecule is Cc1ccc(C(C)N2CCN(C(=O)CCN)CC2)cc1C. The molecule has 0 bridgehead atoms. The van der Waals surface area contributed by atoms with Crippen LogP contribution in [0.1, 0.15) is 36.1 Å². The Labute approximate surface area is 127 Å². The summed E-state index contributed by atoms with van der Waals surface area (Å²) in [5.41, 5.74) is 9.50. The van der Waals surface area contributed by atoms with Gasteiger partial charge in [0.05, 0.1) is 0 Å². The molecule has 1 heterocycles. The minimum absolute atomic E-state index is 0.191. The first-order valence-electron chi connectivity index (χ1n) is 7.82. The molecular formula is C17H27N3O. The molecule has 4 nitrogen and oxygen atoms in total. The smallest absolute Gasteiger partial charge is 0.223 e. The van der Waals surface area contributed by atoms with Crippen LogP contribution in [-0.4, -0.2) is 48.4 Å². The third-order valence-corrected chi connectivity index (χ3v) is 4.59. The number of piperazine rings is 1. The van der Waals surface area contributed by atoms with E-state index in [0.717, 1.165) is 26.2 Å². The van der Waals surface area contributed by atoms with Crippen LogP contribution >= 0.6 is 0 Å². The number of rotatable bonds is 4. The highest BCUT2D eigenvalue weighted by Crippen LogP contribution is 2.23. The maximum atomic E-state index is 11.9. The third-order valence-electron chi connectivity index (χ3n) is 4.59. The molecule has 1 saturated heterocycles. The Morgan fingerprint density at radius 3 is 2.43 bits per heavy atom. The van der Waals surface area contributed by atoms with Crippen molar-refractivity contribution in [2.24, 2.45) is 5.73 Å². The summed E-state index contributed by atoms with van der Waals surface area (Å²) in [5, 5.41) is 0. The first-order chi connectivity index (χ1) is 10.0. The van der Waals surface area contributed by atoms with Crippen molar-refractivity contribution in [1.29, 1.82) is 0 Å².